The van der Waals surface area contributed by atoms with Gasteiger partial charge in [-0.15, -0.1) is 4.68 Å². The van der Waals surface area contributed by atoms with Crippen LogP contribution in [0.5, 0.6) is 0 Å². The number of amides is 2. The van der Waals surface area contributed by atoms with Gasteiger partial charge in [0, 0.05) is 26.1 Å². The molecule has 3 rings (SSSR count). The number of carbonyl (C=O) groups excluding carboxylic acids is 2. The predicted molar refractivity (Wildman–Crippen MR) is 90.2 cm³/mol. The first kappa shape index (κ1) is 17.4. The molecule has 1 aromatic carbocycles. The lowest BCUT2D eigenvalue weighted by Gasteiger charge is -2.15. The molecule has 0 radical (unpaired) electrons. The number of hydrogen-bond donors (Lipinski definition) is 1. The van der Waals surface area contributed by atoms with Crippen LogP contribution in [0.1, 0.15) is 13.3 Å². The van der Waals surface area contributed by atoms with Gasteiger partial charge in [-0.3, -0.25) is 4.79 Å². The maximum Gasteiger partial charge on any atom is 0.377 e. The van der Waals surface area contributed by atoms with Crippen molar-refractivity contribution in [3.05, 3.63) is 38.7 Å². The minimum Gasteiger partial charge on any atom is -0.352 e. The van der Waals surface area contributed by atoms with Crippen molar-refractivity contribution in [3.63, 3.8) is 0 Å². The fourth-order valence-electron chi connectivity index (χ4n) is 2.67. The van der Waals surface area contributed by atoms with Crippen LogP contribution < -0.4 is 11.0 Å². The third-order valence-corrected chi connectivity index (χ3v) is 4.39. The predicted octanol–water partition coefficient (Wildman–Crippen LogP) is 0.914. The number of nitrogens with one attached hydrogen (secondary N) is 1. The van der Waals surface area contributed by atoms with Crippen LogP contribution in [-0.2, 0) is 4.79 Å². The van der Waals surface area contributed by atoms with Crippen LogP contribution in [0.2, 0.25) is 10.0 Å². The molecule has 2 heterocycles. The van der Waals surface area contributed by atoms with E-state index in [9.17, 15) is 14.4 Å². The van der Waals surface area contributed by atoms with Gasteiger partial charge in [0.1, 0.15) is 5.69 Å². The first-order valence-corrected chi connectivity index (χ1v) is 8.20. The fourth-order valence-corrected chi connectivity index (χ4v) is 3.23. The summed E-state index contributed by atoms with van der Waals surface area (Å²) in [4.78, 5) is 37.5. The van der Waals surface area contributed by atoms with Gasteiger partial charge in [0.25, 0.3) is 0 Å². The summed E-state index contributed by atoms with van der Waals surface area (Å²) in [5.74, 6) is -0.171. The molecule has 1 aliphatic rings. The molecule has 2 amide bonds. The summed E-state index contributed by atoms with van der Waals surface area (Å²) in [7, 11) is 0. The lowest BCUT2D eigenvalue weighted by Crippen LogP contribution is -2.42. The maximum absolute atomic E-state index is 12.5. The second kappa shape index (κ2) is 6.85. The lowest BCUT2D eigenvalue weighted by molar-refractivity contribution is -0.119. The Bertz CT molecular complexity index is 873. The van der Waals surface area contributed by atoms with E-state index < -0.39 is 11.7 Å². The molecule has 1 N–H and O–H groups in total. The lowest BCUT2D eigenvalue weighted by atomic mass is 10.3. The zero-order valence-electron chi connectivity index (χ0n) is 13.1. The molecule has 11 heteroatoms. The Labute approximate surface area is 152 Å². The maximum atomic E-state index is 12.5. The minimum atomic E-state index is -0.775. The highest BCUT2D eigenvalue weighted by Gasteiger charge is 2.30. The summed E-state index contributed by atoms with van der Waals surface area (Å²) < 4.78 is 1.53. The van der Waals surface area contributed by atoms with Crippen molar-refractivity contribution < 1.29 is 9.59 Å². The zero-order valence-corrected chi connectivity index (χ0v) is 14.7. The zero-order chi connectivity index (χ0) is 18.1. The summed E-state index contributed by atoms with van der Waals surface area (Å²) >= 11 is 12.1. The second-order valence-electron chi connectivity index (χ2n) is 5.57. The number of rotatable bonds is 2. The normalized spacial score (nSPS) is 16.9. The van der Waals surface area contributed by atoms with Crippen molar-refractivity contribution >= 4 is 35.1 Å². The first-order valence-electron chi connectivity index (χ1n) is 7.44. The molecule has 132 valence electrons. The Morgan fingerprint density at radius 1 is 1.24 bits per heavy atom. The van der Waals surface area contributed by atoms with E-state index in [-0.39, 0.29) is 27.7 Å². The van der Waals surface area contributed by atoms with Gasteiger partial charge >= 0.3 is 11.7 Å². The molecule has 0 spiro atoms. The van der Waals surface area contributed by atoms with E-state index >= 15 is 0 Å². The Kier molecular flexibility index (Phi) is 4.78. The Balaban J connectivity index is 1.86. The summed E-state index contributed by atoms with van der Waals surface area (Å²) in [6.07, 6.45) is 0.602. The van der Waals surface area contributed by atoms with Gasteiger partial charge in [-0.25, -0.2) is 9.59 Å². The van der Waals surface area contributed by atoms with E-state index in [4.69, 9.17) is 23.2 Å². The molecule has 25 heavy (non-hydrogen) atoms. The Hall–Kier alpha value is -2.39. The highest BCUT2D eigenvalue weighted by Crippen LogP contribution is 2.26. The van der Waals surface area contributed by atoms with Crippen LogP contribution in [0.3, 0.4) is 0 Å². The first-order chi connectivity index (χ1) is 11.9. The molecule has 0 bridgehead atoms. The standard InChI is InChI=1S/C14H14Cl2N6O3/c1-8(23)17-9-5-6-20(7-9)13(24)22-14(25)21(18-19-22)12-10(15)3-2-4-11(12)16/h2-4,9H,5-7H2,1H3,(H,17,23). The number of hydrogen-bond acceptors (Lipinski definition) is 5. The van der Waals surface area contributed by atoms with E-state index in [1.54, 1.807) is 18.2 Å². The summed E-state index contributed by atoms with van der Waals surface area (Å²) in [5, 5.41) is 10.5. The molecule has 1 saturated heterocycles. The van der Waals surface area contributed by atoms with Crippen LogP contribution in [0.4, 0.5) is 4.79 Å². The van der Waals surface area contributed by atoms with Gasteiger partial charge in [-0.2, -0.15) is 4.68 Å². The summed E-state index contributed by atoms with van der Waals surface area (Å²) in [6, 6.07) is 3.96. The molecule has 1 aliphatic heterocycles. The van der Waals surface area contributed by atoms with E-state index in [1.165, 1.54) is 11.8 Å². The molecular formula is C14H14Cl2N6O3. The van der Waals surface area contributed by atoms with Gasteiger partial charge in [0.15, 0.2) is 0 Å². The quantitative estimate of drug-likeness (QED) is 0.775. The van der Waals surface area contributed by atoms with Crippen molar-refractivity contribution in [1.82, 2.24) is 30.0 Å². The fraction of sp³-hybridized carbons (Fsp3) is 0.357. The van der Waals surface area contributed by atoms with Gasteiger partial charge < -0.3 is 10.2 Å². The molecule has 2 aromatic rings. The van der Waals surface area contributed by atoms with Gasteiger partial charge in [-0.05, 0) is 29.0 Å². The van der Waals surface area contributed by atoms with Crippen molar-refractivity contribution in [2.45, 2.75) is 19.4 Å². The molecule has 1 aromatic heterocycles. The number of para-hydroxylation sites is 1. The number of nitrogens with zero attached hydrogens (tertiary/aromatic N) is 5. The Morgan fingerprint density at radius 2 is 1.92 bits per heavy atom. The van der Waals surface area contributed by atoms with Gasteiger partial charge in [0.2, 0.25) is 5.91 Å². The van der Waals surface area contributed by atoms with E-state index in [1.807, 2.05) is 0 Å². The molecule has 0 aliphatic carbocycles. The smallest absolute Gasteiger partial charge is 0.352 e. The van der Waals surface area contributed by atoms with Crippen LogP contribution in [0.25, 0.3) is 5.69 Å². The number of halogens is 2. The Morgan fingerprint density at radius 3 is 2.56 bits per heavy atom. The van der Waals surface area contributed by atoms with E-state index in [2.05, 4.69) is 15.7 Å². The number of benzene rings is 1. The third kappa shape index (κ3) is 3.38. The number of carbonyl (C=O) groups is 2. The van der Waals surface area contributed by atoms with Crippen LogP contribution in [-0.4, -0.2) is 55.8 Å². The number of tetrazole rings is 1. The van der Waals surface area contributed by atoms with Crippen molar-refractivity contribution in [3.8, 4) is 5.69 Å². The molecule has 0 saturated carbocycles. The molecule has 9 nitrogen and oxygen atoms in total. The van der Waals surface area contributed by atoms with Crippen LogP contribution >= 0.6 is 23.2 Å². The molecular weight excluding hydrogens is 371 g/mol. The average Bonchev–Trinajstić information content (AvgIpc) is 3.14. The van der Waals surface area contributed by atoms with Crippen molar-refractivity contribution in [2.75, 3.05) is 13.1 Å². The SMILES string of the molecule is CC(=O)NC1CCN(C(=O)n2nnn(-c3c(Cl)cccc3Cl)c2=O)C1. The topological polar surface area (TPSA) is 102 Å². The monoisotopic (exact) mass is 384 g/mol. The third-order valence-electron chi connectivity index (χ3n) is 3.78. The van der Waals surface area contributed by atoms with Crippen LogP contribution in [0.15, 0.2) is 23.0 Å². The summed E-state index contributed by atoms with van der Waals surface area (Å²) in [6.45, 7) is 2.11. The average molecular weight is 385 g/mol. The largest absolute Gasteiger partial charge is 0.377 e. The summed E-state index contributed by atoms with van der Waals surface area (Å²) in [5.41, 5.74) is -0.615. The van der Waals surface area contributed by atoms with Crippen molar-refractivity contribution in [2.24, 2.45) is 0 Å². The molecule has 1 unspecified atom stereocenters. The molecule has 1 atom stereocenters. The highest BCUT2D eigenvalue weighted by molar-refractivity contribution is 6.37. The van der Waals surface area contributed by atoms with E-state index in [0.29, 0.717) is 24.2 Å². The molecule has 1 fully saturated rings. The van der Waals surface area contributed by atoms with Gasteiger partial charge in [-0.1, -0.05) is 29.3 Å². The van der Waals surface area contributed by atoms with Crippen LogP contribution in [0, 0.1) is 0 Å². The minimum absolute atomic E-state index is 0.148. The number of likely N-dealkylation sites (tertiary alicyclic amines) is 1. The second-order valence-corrected chi connectivity index (χ2v) is 6.38. The number of aromatic nitrogens is 4. The van der Waals surface area contributed by atoms with E-state index in [0.717, 1.165) is 4.68 Å². The van der Waals surface area contributed by atoms with Crippen molar-refractivity contribution in [1.29, 1.82) is 0 Å². The van der Waals surface area contributed by atoms with Gasteiger partial charge in [0.05, 0.1) is 10.0 Å². The highest BCUT2D eigenvalue weighted by atomic mass is 35.5.